The lowest BCUT2D eigenvalue weighted by molar-refractivity contribution is 0.0911. The van der Waals surface area contributed by atoms with Crippen molar-refractivity contribution in [2.75, 3.05) is 6.61 Å². The maximum Gasteiger partial charge on any atom is 0.270 e. The van der Waals surface area contributed by atoms with E-state index in [4.69, 9.17) is 0 Å². The van der Waals surface area contributed by atoms with Crippen molar-refractivity contribution in [3.8, 4) is 5.69 Å². The number of benzene rings is 1. The van der Waals surface area contributed by atoms with Crippen LogP contribution in [0.15, 0.2) is 67.1 Å². The second-order valence-corrected chi connectivity index (χ2v) is 4.97. The molecule has 6 heteroatoms. The number of hydrogen-bond acceptors (Lipinski definition) is 4. The Labute approximate surface area is 133 Å². The molecule has 0 saturated heterocycles. The number of aromatic nitrogens is 3. The van der Waals surface area contributed by atoms with Gasteiger partial charge < -0.3 is 10.4 Å². The standard InChI is InChI=1S/C17H16N4O2/c22-12-16(13-5-2-1-3-6-13)20-17(23)15-11-14(7-9-18-15)21-10-4-8-19-21/h1-11,16,22H,12H2,(H,20,23). The second-order valence-electron chi connectivity index (χ2n) is 4.97. The van der Waals surface area contributed by atoms with Gasteiger partial charge >= 0.3 is 0 Å². The summed E-state index contributed by atoms with van der Waals surface area (Å²) in [5.41, 5.74) is 1.86. The molecule has 0 aliphatic carbocycles. The van der Waals surface area contributed by atoms with Crippen molar-refractivity contribution < 1.29 is 9.90 Å². The number of nitrogens with zero attached hydrogens (tertiary/aromatic N) is 3. The Morgan fingerprint density at radius 3 is 2.70 bits per heavy atom. The predicted molar refractivity (Wildman–Crippen MR) is 85.1 cm³/mol. The molecule has 6 nitrogen and oxygen atoms in total. The van der Waals surface area contributed by atoms with Gasteiger partial charge in [0.05, 0.1) is 18.3 Å². The van der Waals surface area contributed by atoms with E-state index in [9.17, 15) is 9.90 Å². The Morgan fingerprint density at radius 2 is 2.00 bits per heavy atom. The number of rotatable bonds is 5. The Morgan fingerprint density at radius 1 is 1.17 bits per heavy atom. The van der Waals surface area contributed by atoms with Gasteiger partial charge in [-0.2, -0.15) is 5.10 Å². The molecule has 23 heavy (non-hydrogen) atoms. The fraction of sp³-hybridized carbons (Fsp3) is 0.118. The molecule has 1 atom stereocenters. The maximum atomic E-state index is 12.4. The zero-order chi connectivity index (χ0) is 16.1. The molecule has 116 valence electrons. The number of pyridine rings is 1. The highest BCUT2D eigenvalue weighted by Crippen LogP contribution is 2.13. The van der Waals surface area contributed by atoms with Crippen molar-refractivity contribution >= 4 is 5.91 Å². The maximum absolute atomic E-state index is 12.4. The summed E-state index contributed by atoms with van der Waals surface area (Å²) in [5.74, 6) is -0.345. The monoisotopic (exact) mass is 308 g/mol. The van der Waals surface area contributed by atoms with Crippen LogP contribution >= 0.6 is 0 Å². The van der Waals surface area contributed by atoms with Crippen molar-refractivity contribution in [1.29, 1.82) is 0 Å². The first-order chi connectivity index (χ1) is 11.3. The third kappa shape index (κ3) is 3.44. The van der Waals surface area contributed by atoms with E-state index in [2.05, 4.69) is 15.4 Å². The topological polar surface area (TPSA) is 80.0 Å². The van der Waals surface area contributed by atoms with Crippen LogP contribution in [-0.2, 0) is 0 Å². The van der Waals surface area contributed by atoms with Gasteiger partial charge in [-0.1, -0.05) is 30.3 Å². The molecular weight excluding hydrogens is 292 g/mol. The van der Waals surface area contributed by atoms with Gasteiger partial charge in [-0.3, -0.25) is 9.78 Å². The molecule has 0 aliphatic rings. The van der Waals surface area contributed by atoms with E-state index < -0.39 is 6.04 Å². The molecular formula is C17H16N4O2. The summed E-state index contributed by atoms with van der Waals surface area (Å²) in [6.45, 7) is -0.186. The van der Waals surface area contributed by atoms with Crippen LogP contribution in [0, 0.1) is 0 Å². The van der Waals surface area contributed by atoms with Crippen molar-refractivity contribution in [2.45, 2.75) is 6.04 Å². The van der Waals surface area contributed by atoms with E-state index in [0.717, 1.165) is 11.3 Å². The lowest BCUT2D eigenvalue weighted by Gasteiger charge is -2.16. The minimum atomic E-state index is -0.473. The number of amides is 1. The molecule has 0 radical (unpaired) electrons. The zero-order valence-corrected chi connectivity index (χ0v) is 12.3. The highest BCUT2D eigenvalue weighted by Gasteiger charge is 2.16. The summed E-state index contributed by atoms with van der Waals surface area (Å²) in [6, 6.07) is 14.1. The number of aliphatic hydroxyl groups is 1. The normalized spacial score (nSPS) is 11.9. The fourth-order valence-electron chi connectivity index (χ4n) is 2.26. The van der Waals surface area contributed by atoms with Crippen LogP contribution in [0.1, 0.15) is 22.1 Å². The molecule has 0 saturated carbocycles. The molecule has 3 rings (SSSR count). The molecule has 3 aromatic rings. The number of carbonyl (C=O) groups is 1. The molecule has 1 amide bonds. The van der Waals surface area contributed by atoms with E-state index >= 15 is 0 Å². The summed E-state index contributed by atoms with van der Waals surface area (Å²) in [5, 5.41) is 16.5. The van der Waals surface area contributed by atoms with Crippen LogP contribution in [0.25, 0.3) is 5.69 Å². The van der Waals surface area contributed by atoms with Crippen molar-refractivity contribution in [3.05, 3.63) is 78.4 Å². The number of nitrogens with one attached hydrogen (secondary N) is 1. The number of aliphatic hydroxyl groups excluding tert-OH is 1. The first-order valence-electron chi connectivity index (χ1n) is 7.20. The predicted octanol–water partition coefficient (Wildman–Crippen LogP) is 1.73. The molecule has 2 aromatic heterocycles. The van der Waals surface area contributed by atoms with E-state index in [0.29, 0.717) is 0 Å². The van der Waals surface area contributed by atoms with Crippen molar-refractivity contribution in [1.82, 2.24) is 20.1 Å². The molecule has 2 heterocycles. The average Bonchev–Trinajstić information content (AvgIpc) is 3.15. The van der Waals surface area contributed by atoms with Crippen molar-refractivity contribution in [3.63, 3.8) is 0 Å². The molecule has 2 N–H and O–H groups in total. The van der Waals surface area contributed by atoms with Crippen LogP contribution in [0.5, 0.6) is 0 Å². The van der Waals surface area contributed by atoms with E-state index in [1.165, 1.54) is 0 Å². The lowest BCUT2D eigenvalue weighted by atomic mass is 10.1. The average molecular weight is 308 g/mol. The summed E-state index contributed by atoms with van der Waals surface area (Å²) >= 11 is 0. The summed E-state index contributed by atoms with van der Waals surface area (Å²) < 4.78 is 1.65. The van der Waals surface area contributed by atoms with E-state index in [1.807, 2.05) is 30.3 Å². The smallest absolute Gasteiger partial charge is 0.270 e. The molecule has 0 aliphatic heterocycles. The largest absolute Gasteiger partial charge is 0.394 e. The Hall–Kier alpha value is -2.99. The molecule has 1 unspecified atom stereocenters. The van der Waals surface area contributed by atoms with Gasteiger partial charge in [-0.15, -0.1) is 0 Å². The summed E-state index contributed by atoms with van der Waals surface area (Å²) in [6.07, 6.45) is 5.01. The third-order valence-corrected chi connectivity index (χ3v) is 3.43. The summed E-state index contributed by atoms with van der Waals surface area (Å²) in [4.78, 5) is 16.5. The first kappa shape index (κ1) is 14.9. The highest BCUT2D eigenvalue weighted by atomic mass is 16.3. The van der Waals surface area contributed by atoms with Gasteiger partial charge in [0.15, 0.2) is 0 Å². The van der Waals surface area contributed by atoms with Crippen LogP contribution < -0.4 is 5.32 Å². The van der Waals surface area contributed by atoms with Gasteiger partial charge in [0, 0.05) is 18.6 Å². The molecule has 0 bridgehead atoms. The summed E-state index contributed by atoms with van der Waals surface area (Å²) in [7, 11) is 0. The molecule has 1 aromatic carbocycles. The second kappa shape index (κ2) is 6.85. The Bertz CT molecular complexity index is 772. The quantitative estimate of drug-likeness (QED) is 0.752. The lowest BCUT2D eigenvalue weighted by Crippen LogP contribution is -2.31. The van der Waals surface area contributed by atoms with Crippen LogP contribution in [0.4, 0.5) is 0 Å². The van der Waals surface area contributed by atoms with Crippen LogP contribution in [0.2, 0.25) is 0 Å². The van der Waals surface area contributed by atoms with Gasteiger partial charge in [0.1, 0.15) is 5.69 Å². The van der Waals surface area contributed by atoms with Gasteiger partial charge in [0.2, 0.25) is 0 Å². The first-order valence-corrected chi connectivity index (χ1v) is 7.20. The third-order valence-electron chi connectivity index (χ3n) is 3.43. The van der Waals surface area contributed by atoms with Gasteiger partial charge in [-0.05, 0) is 23.8 Å². The molecule has 0 spiro atoms. The fourth-order valence-corrected chi connectivity index (χ4v) is 2.26. The minimum Gasteiger partial charge on any atom is -0.394 e. The minimum absolute atomic E-state index is 0.186. The SMILES string of the molecule is O=C(NC(CO)c1ccccc1)c1cc(-n2cccn2)ccn1. The Balaban J connectivity index is 1.79. The number of hydrogen-bond donors (Lipinski definition) is 2. The van der Waals surface area contributed by atoms with Crippen LogP contribution in [-0.4, -0.2) is 32.4 Å². The van der Waals surface area contributed by atoms with Crippen LogP contribution in [0.3, 0.4) is 0 Å². The van der Waals surface area contributed by atoms with Crippen molar-refractivity contribution in [2.24, 2.45) is 0 Å². The highest BCUT2D eigenvalue weighted by molar-refractivity contribution is 5.93. The van der Waals surface area contributed by atoms with Gasteiger partial charge in [-0.25, -0.2) is 4.68 Å². The van der Waals surface area contributed by atoms with E-state index in [1.54, 1.807) is 41.5 Å². The molecule has 0 fully saturated rings. The number of carbonyl (C=O) groups excluding carboxylic acids is 1. The zero-order valence-electron chi connectivity index (χ0n) is 12.3. The Kier molecular flexibility index (Phi) is 4.44. The van der Waals surface area contributed by atoms with E-state index in [-0.39, 0.29) is 18.2 Å². The van der Waals surface area contributed by atoms with Gasteiger partial charge in [0.25, 0.3) is 5.91 Å².